The highest BCUT2D eigenvalue weighted by molar-refractivity contribution is 5.96. The number of hydrogen-bond acceptors (Lipinski definition) is 3. The van der Waals surface area contributed by atoms with E-state index in [1.54, 1.807) is 24.3 Å². The van der Waals surface area contributed by atoms with E-state index in [1.807, 2.05) is 27.9 Å². The Morgan fingerprint density at radius 3 is 2.22 bits per heavy atom. The second kappa shape index (κ2) is 10.0. The fraction of sp³-hybridized carbons (Fsp3) is 0.556. The minimum Gasteiger partial charge on any atom is -0.352 e. The van der Waals surface area contributed by atoms with Gasteiger partial charge in [0.05, 0.1) is 0 Å². The van der Waals surface area contributed by atoms with Crippen LogP contribution in [-0.2, 0) is 4.79 Å². The molecule has 0 fully saturated rings. The Balaban J connectivity index is 2.49. The Hall–Kier alpha value is -1.88. The van der Waals surface area contributed by atoms with Crippen LogP contribution in [0.3, 0.4) is 0 Å². The number of nitrogens with zero attached hydrogens (tertiary/aromatic N) is 1. The van der Waals surface area contributed by atoms with Gasteiger partial charge in [0.25, 0.3) is 5.91 Å². The lowest BCUT2D eigenvalue weighted by atomic mass is 10.0. The van der Waals surface area contributed by atoms with Crippen molar-refractivity contribution in [2.24, 2.45) is 5.92 Å². The van der Waals surface area contributed by atoms with Crippen molar-refractivity contribution in [2.75, 3.05) is 32.5 Å². The fourth-order valence-electron chi connectivity index (χ4n) is 2.31. The molecule has 0 aliphatic heterocycles. The van der Waals surface area contributed by atoms with E-state index in [2.05, 4.69) is 15.5 Å². The van der Waals surface area contributed by atoms with Gasteiger partial charge in [-0.3, -0.25) is 9.59 Å². The summed E-state index contributed by atoms with van der Waals surface area (Å²) in [5.41, 5.74) is 1.33. The standard InChI is InChI=1S/C18H29N3O2/c1-5-14(6-2)18(23)20-16-10-8-15(9-11-16)17(22)19-12-7-13-21(3)4/h8-11,14H,5-7,12-13H2,1-4H3,(H,19,22)(H,20,23). The lowest BCUT2D eigenvalue weighted by Gasteiger charge is -2.13. The number of rotatable bonds is 9. The van der Waals surface area contributed by atoms with Crippen molar-refractivity contribution in [1.82, 2.24) is 10.2 Å². The predicted molar refractivity (Wildman–Crippen MR) is 94.6 cm³/mol. The summed E-state index contributed by atoms with van der Waals surface area (Å²) in [5, 5.41) is 5.80. The molecule has 5 nitrogen and oxygen atoms in total. The molecule has 128 valence electrons. The Morgan fingerprint density at radius 2 is 1.70 bits per heavy atom. The first-order chi connectivity index (χ1) is 11.0. The predicted octanol–water partition coefficient (Wildman–Crippen LogP) is 2.74. The molecule has 0 saturated heterocycles. The van der Waals surface area contributed by atoms with E-state index in [9.17, 15) is 9.59 Å². The van der Waals surface area contributed by atoms with Gasteiger partial charge in [-0.15, -0.1) is 0 Å². The van der Waals surface area contributed by atoms with Gasteiger partial charge >= 0.3 is 0 Å². The molecule has 1 rings (SSSR count). The molecule has 0 aromatic heterocycles. The van der Waals surface area contributed by atoms with E-state index < -0.39 is 0 Å². The zero-order valence-corrected chi connectivity index (χ0v) is 14.7. The molecule has 0 heterocycles. The van der Waals surface area contributed by atoms with Gasteiger partial charge in [-0.1, -0.05) is 13.8 Å². The average Bonchev–Trinajstić information content (AvgIpc) is 2.53. The molecule has 2 amide bonds. The summed E-state index contributed by atoms with van der Waals surface area (Å²) in [6.07, 6.45) is 2.58. The quantitative estimate of drug-likeness (QED) is 0.688. The van der Waals surface area contributed by atoms with Crippen LogP contribution in [0, 0.1) is 5.92 Å². The summed E-state index contributed by atoms with van der Waals surface area (Å²) in [5.74, 6) is -0.00724. The first kappa shape index (κ1) is 19.2. The van der Waals surface area contributed by atoms with E-state index in [1.165, 1.54) is 0 Å². The number of amides is 2. The highest BCUT2D eigenvalue weighted by Gasteiger charge is 2.14. The third kappa shape index (κ3) is 6.82. The molecule has 23 heavy (non-hydrogen) atoms. The summed E-state index contributed by atoms with van der Waals surface area (Å²) < 4.78 is 0. The fourth-order valence-corrected chi connectivity index (χ4v) is 2.31. The average molecular weight is 319 g/mol. The summed E-state index contributed by atoms with van der Waals surface area (Å²) in [6.45, 7) is 5.63. The zero-order valence-electron chi connectivity index (χ0n) is 14.7. The molecule has 0 aliphatic carbocycles. The van der Waals surface area contributed by atoms with Crippen LogP contribution in [0.4, 0.5) is 5.69 Å². The first-order valence-corrected chi connectivity index (χ1v) is 8.31. The van der Waals surface area contributed by atoms with E-state index in [0.29, 0.717) is 12.1 Å². The molecule has 0 radical (unpaired) electrons. The van der Waals surface area contributed by atoms with Crippen LogP contribution in [0.25, 0.3) is 0 Å². The maximum atomic E-state index is 12.0. The van der Waals surface area contributed by atoms with Crippen molar-refractivity contribution >= 4 is 17.5 Å². The molecule has 0 aliphatic rings. The van der Waals surface area contributed by atoms with Crippen molar-refractivity contribution in [3.63, 3.8) is 0 Å². The molecular weight excluding hydrogens is 290 g/mol. The molecule has 1 aromatic rings. The van der Waals surface area contributed by atoms with Crippen molar-refractivity contribution in [3.05, 3.63) is 29.8 Å². The Kier molecular flexibility index (Phi) is 8.33. The van der Waals surface area contributed by atoms with Crippen LogP contribution in [0.2, 0.25) is 0 Å². The number of nitrogens with one attached hydrogen (secondary N) is 2. The van der Waals surface area contributed by atoms with Crippen molar-refractivity contribution < 1.29 is 9.59 Å². The minimum absolute atomic E-state index is 0.0367. The maximum Gasteiger partial charge on any atom is 0.251 e. The summed E-state index contributed by atoms with van der Waals surface area (Å²) in [6, 6.07) is 7.03. The van der Waals surface area contributed by atoms with Gasteiger partial charge < -0.3 is 15.5 Å². The topological polar surface area (TPSA) is 61.4 Å². The van der Waals surface area contributed by atoms with E-state index in [0.717, 1.165) is 31.5 Å². The van der Waals surface area contributed by atoms with Gasteiger partial charge in [-0.05, 0) is 64.2 Å². The Morgan fingerprint density at radius 1 is 1.09 bits per heavy atom. The van der Waals surface area contributed by atoms with Gasteiger partial charge in [0.15, 0.2) is 0 Å². The van der Waals surface area contributed by atoms with Crippen LogP contribution in [0.15, 0.2) is 24.3 Å². The van der Waals surface area contributed by atoms with E-state index >= 15 is 0 Å². The molecule has 0 spiro atoms. The van der Waals surface area contributed by atoms with E-state index in [-0.39, 0.29) is 17.7 Å². The molecule has 0 bridgehead atoms. The molecule has 5 heteroatoms. The highest BCUT2D eigenvalue weighted by Crippen LogP contribution is 2.14. The zero-order chi connectivity index (χ0) is 17.2. The largest absolute Gasteiger partial charge is 0.352 e. The highest BCUT2D eigenvalue weighted by atomic mass is 16.2. The SMILES string of the molecule is CCC(CC)C(=O)Nc1ccc(C(=O)NCCCN(C)C)cc1. The third-order valence-electron chi connectivity index (χ3n) is 3.84. The van der Waals surface area contributed by atoms with Crippen LogP contribution < -0.4 is 10.6 Å². The van der Waals surface area contributed by atoms with Crippen LogP contribution >= 0.6 is 0 Å². The second-order valence-electron chi connectivity index (χ2n) is 5.99. The molecule has 2 N–H and O–H groups in total. The van der Waals surface area contributed by atoms with Crippen LogP contribution in [-0.4, -0.2) is 43.9 Å². The number of benzene rings is 1. The maximum absolute atomic E-state index is 12.0. The van der Waals surface area contributed by atoms with Crippen molar-refractivity contribution in [2.45, 2.75) is 33.1 Å². The van der Waals surface area contributed by atoms with Gasteiger partial charge in [0, 0.05) is 23.7 Å². The minimum atomic E-state index is -0.0818. The molecular formula is C18H29N3O2. The summed E-state index contributed by atoms with van der Waals surface area (Å²) in [4.78, 5) is 26.1. The number of anilines is 1. The number of hydrogen-bond donors (Lipinski definition) is 2. The normalized spacial score (nSPS) is 10.9. The monoisotopic (exact) mass is 319 g/mol. The Labute approximate surface area is 139 Å². The molecule has 1 aromatic carbocycles. The van der Waals surface area contributed by atoms with Gasteiger partial charge in [-0.25, -0.2) is 0 Å². The summed E-state index contributed by atoms with van der Waals surface area (Å²) >= 11 is 0. The van der Waals surface area contributed by atoms with Gasteiger partial charge in [-0.2, -0.15) is 0 Å². The van der Waals surface area contributed by atoms with Gasteiger partial charge in [0.1, 0.15) is 0 Å². The van der Waals surface area contributed by atoms with Crippen LogP contribution in [0.1, 0.15) is 43.5 Å². The molecule has 0 unspecified atom stereocenters. The Bertz CT molecular complexity index is 493. The van der Waals surface area contributed by atoms with Crippen molar-refractivity contribution in [1.29, 1.82) is 0 Å². The lowest BCUT2D eigenvalue weighted by Crippen LogP contribution is -2.27. The smallest absolute Gasteiger partial charge is 0.251 e. The van der Waals surface area contributed by atoms with Crippen molar-refractivity contribution in [3.8, 4) is 0 Å². The third-order valence-corrected chi connectivity index (χ3v) is 3.84. The second-order valence-corrected chi connectivity index (χ2v) is 5.99. The van der Waals surface area contributed by atoms with Gasteiger partial charge in [0.2, 0.25) is 5.91 Å². The summed E-state index contributed by atoms with van der Waals surface area (Å²) in [7, 11) is 4.02. The number of carbonyl (C=O) groups excluding carboxylic acids is 2. The molecule has 0 saturated carbocycles. The lowest BCUT2D eigenvalue weighted by molar-refractivity contribution is -0.120. The molecule has 0 atom stereocenters. The number of carbonyl (C=O) groups is 2. The van der Waals surface area contributed by atoms with Crippen LogP contribution in [0.5, 0.6) is 0 Å². The van der Waals surface area contributed by atoms with E-state index in [4.69, 9.17) is 0 Å². The first-order valence-electron chi connectivity index (χ1n) is 8.31.